The van der Waals surface area contributed by atoms with Crippen LogP contribution in [0.15, 0.2) is 78.9 Å². The molecule has 0 spiro atoms. The molecular formula is C24H22FN3O2. The Morgan fingerprint density at radius 3 is 2.00 bits per heavy atom. The molecule has 0 radical (unpaired) electrons. The Morgan fingerprint density at radius 2 is 1.37 bits per heavy atom. The quantitative estimate of drug-likeness (QED) is 0.715. The standard InChI is InChI=1S/C24H22FN3O2/c25-20-8-6-19(7-9-20)24(30)28-16-14-27(15-17-28)22-12-10-21(11-13-22)26-23(29)18-4-2-1-3-5-18/h1-13H,14-17H2,(H,26,29). The maximum absolute atomic E-state index is 13.1. The number of nitrogens with one attached hydrogen (secondary N) is 1. The van der Waals surface area contributed by atoms with Gasteiger partial charge in [-0.2, -0.15) is 0 Å². The van der Waals surface area contributed by atoms with Gasteiger partial charge in [-0.05, 0) is 60.7 Å². The van der Waals surface area contributed by atoms with E-state index in [1.165, 1.54) is 24.3 Å². The molecule has 1 heterocycles. The number of carbonyl (C=O) groups is 2. The highest BCUT2D eigenvalue weighted by molar-refractivity contribution is 6.04. The Morgan fingerprint density at radius 1 is 0.733 bits per heavy atom. The van der Waals surface area contributed by atoms with Crippen LogP contribution in [-0.4, -0.2) is 42.9 Å². The highest BCUT2D eigenvalue weighted by Crippen LogP contribution is 2.21. The van der Waals surface area contributed by atoms with E-state index >= 15 is 0 Å². The first kappa shape index (κ1) is 19.6. The summed E-state index contributed by atoms with van der Waals surface area (Å²) in [4.78, 5) is 28.8. The SMILES string of the molecule is O=C(Nc1ccc(N2CCN(C(=O)c3ccc(F)cc3)CC2)cc1)c1ccccc1. The summed E-state index contributed by atoms with van der Waals surface area (Å²) in [6.45, 7) is 2.62. The summed E-state index contributed by atoms with van der Waals surface area (Å²) < 4.78 is 13.1. The largest absolute Gasteiger partial charge is 0.368 e. The van der Waals surface area contributed by atoms with Crippen LogP contribution in [0.2, 0.25) is 0 Å². The van der Waals surface area contributed by atoms with Crippen LogP contribution in [0, 0.1) is 5.82 Å². The molecule has 1 aliphatic rings. The van der Waals surface area contributed by atoms with Crippen LogP contribution >= 0.6 is 0 Å². The van der Waals surface area contributed by atoms with Gasteiger partial charge in [-0.1, -0.05) is 18.2 Å². The van der Waals surface area contributed by atoms with E-state index in [1.807, 2.05) is 42.5 Å². The van der Waals surface area contributed by atoms with E-state index < -0.39 is 0 Å². The number of hydrogen-bond acceptors (Lipinski definition) is 3. The summed E-state index contributed by atoms with van der Waals surface area (Å²) in [5.74, 6) is -0.565. The van der Waals surface area contributed by atoms with Gasteiger partial charge in [0.1, 0.15) is 5.82 Å². The van der Waals surface area contributed by atoms with Crippen LogP contribution in [0.3, 0.4) is 0 Å². The van der Waals surface area contributed by atoms with Crippen molar-refractivity contribution in [1.82, 2.24) is 4.90 Å². The zero-order valence-corrected chi connectivity index (χ0v) is 16.4. The normalized spacial score (nSPS) is 13.8. The number of amides is 2. The fraction of sp³-hybridized carbons (Fsp3) is 0.167. The summed E-state index contributed by atoms with van der Waals surface area (Å²) in [5, 5.41) is 2.90. The highest BCUT2D eigenvalue weighted by Gasteiger charge is 2.22. The minimum atomic E-state index is -0.347. The van der Waals surface area contributed by atoms with Crippen LogP contribution in [0.25, 0.3) is 0 Å². The number of benzene rings is 3. The zero-order chi connectivity index (χ0) is 20.9. The van der Waals surface area contributed by atoms with Crippen molar-refractivity contribution in [2.24, 2.45) is 0 Å². The molecule has 1 N–H and O–H groups in total. The third-order valence-electron chi connectivity index (χ3n) is 5.18. The van der Waals surface area contributed by atoms with E-state index in [0.717, 1.165) is 11.4 Å². The Balaban J connectivity index is 1.33. The average molecular weight is 403 g/mol. The summed E-state index contributed by atoms with van der Waals surface area (Å²) in [5.41, 5.74) is 2.89. The van der Waals surface area contributed by atoms with Crippen molar-refractivity contribution >= 4 is 23.2 Å². The summed E-state index contributed by atoms with van der Waals surface area (Å²) in [6.07, 6.45) is 0. The topological polar surface area (TPSA) is 52.7 Å². The zero-order valence-electron chi connectivity index (χ0n) is 16.4. The van der Waals surface area contributed by atoms with Crippen LogP contribution in [0.5, 0.6) is 0 Å². The minimum absolute atomic E-state index is 0.0753. The van der Waals surface area contributed by atoms with Gasteiger partial charge in [-0.15, -0.1) is 0 Å². The Kier molecular flexibility index (Phi) is 5.75. The van der Waals surface area contributed by atoms with E-state index in [9.17, 15) is 14.0 Å². The van der Waals surface area contributed by atoms with Crippen molar-refractivity contribution in [1.29, 1.82) is 0 Å². The molecular weight excluding hydrogens is 381 g/mol. The van der Waals surface area contributed by atoms with E-state index in [4.69, 9.17) is 0 Å². The second-order valence-electron chi connectivity index (χ2n) is 7.15. The molecule has 1 aliphatic heterocycles. The molecule has 30 heavy (non-hydrogen) atoms. The third-order valence-corrected chi connectivity index (χ3v) is 5.18. The summed E-state index contributed by atoms with van der Waals surface area (Å²) >= 11 is 0. The van der Waals surface area contributed by atoms with Crippen molar-refractivity contribution in [2.45, 2.75) is 0 Å². The molecule has 0 unspecified atom stereocenters. The number of piperazine rings is 1. The highest BCUT2D eigenvalue weighted by atomic mass is 19.1. The fourth-order valence-electron chi connectivity index (χ4n) is 3.49. The van der Waals surface area contributed by atoms with E-state index in [-0.39, 0.29) is 17.6 Å². The minimum Gasteiger partial charge on any atom is -0.368 e. The number of nitrogens with zero attached hydrogens (tertiary/aromatic N) is 2. The summed E-state index contributed by atoms with van der Waals surface area (Å²) in [6, 6.07) is 22.4. The predicted molar refractivity (Wildman–Crippen MR) is 115 cm³/mol. The number of hydrogen-bond donors (Lipinski definition) is 1. The number of rotatable bonds is 4. The van der Waals surface area contributed by atoms with Gasteiger partial charge in [-0.3, -0.25) is 9.59 Å². The van der Waals surface area contributed by atoms with Gasteiger partial charge in [0.15, 0.2) is 0 Å². The van der Waals surface area contributed by atoms with Crippen LogP contribution < -0.4 is 10.2 Å². The molecule has 4 rings (SSSR count). The molecule has 6 heteroatoms. The Bertz CT molecular complexity index is 1010. The van der Waals surface area contributed by atoms with Gasteiger partial charge in [-0.25, -0.2) is 4.39 Å². The smallest absolute Gasteiger partial charge is 0.255 e. The van der Waals surface area contributed by atoms with Gasteiger partial charge in [0.2, 0.25) is 0 Å². The van der Waals surface area contributed by atoms with Crippen molar-refractivity contribution < 1.29 is 14.0 Å². The van der Waals surface area contributed by atoms with Crippen LogP contribution in [-0.2, 0) is 0 Å². The van der Waals surface area contributed by atoms with E-state index in [0.29, 0.717) is 37.3 Å². The average Bonchev–Trinajstić information content (AvgIpc) is 2.80. The molecule has 1 fully saturated rings. The second kappa shape index (κ2) is 8.78. The van der Waals surface area contributed by atoms with Crippen molar-refractivity contribution in [3.05, 3.63) is 95.8 Å². The van der Waals surface area contributed by atoms with Gasteiger partial charge in [0, 0.05) is 48.7 Å². The van der Waals surface area contributed by atoms with Gasteiger partial charge in [0.05, 0.1) is 0 Å². The third kappa shape index (κ3) is 4.49. The first-order chi connectivity index (χ1) is 14.6. The van der Waals surface area contributed by atoms with Crippen molar-refractivity contribution in [2.75, 3.05) is 36.4 Å². The molecule has 0 aliphatic carbocycles. The molecule has 152 valence electrons. The Labute approximate surface area is 174 Å². The van der Waals surface area contributed by atoms with E-state index in [1.54, 1.807) is 17.0 Å². The van der Waals surface area contributed by atoms with Crippen LogP contribution in [0.4, 0.5) is 15.8 Å². The molecule has 1 saturated heterocycles. The van der Waals surface area contributed by atoms with Gasteiger partial charge < -0.3 is 15.1 Å². The van der Waals surface area contributed by atoms with Gasteiger partial charge >= 0.3 is 0 Å². The van der Waals surface area contributed by atoms with E-state index in [2.05, 4.69) is 10.2 Å². The first-order valence-corrected chi connectivity index (χ1v) is 9.86. The first-order valence-electron chi connectivity index (χ1n) is 9.86. The predicted octanol–water partition coefficient (Wildman–Crippen LogP) is 4.04. The molecule has 3 aromatic carbocycles. The fourth-order valence-corrected chi connectivity index (χ4v) is 3.49. The maximum Gasteiger partial charge on any atom is 0.255 e. The lowest BCUT2D eigenvalue weighted by Crippen LogP contribution is -2.48. The lowest BCUT2D eigenvalue weighted by molar-refractivity contribution is 0.0746. The number of carbonyl (C=O) groups excluding carboxylic acids is 2. The monoisotopic (exact) mass is 403 g/mol. The molecule has 0 aromatic heterocycles. The summed E-state index contributed by atoms with van der Waals surface area (Å²) in [7, 11) is 0. The molecule has 0 saturated carbocycles. The molecule has 5 nitrogen and oxygen atoms in total. The molecule has 0 atom stereocenters. The molecule has 2 amide bonds. The maximum atomic E-state index is 13.1. The van der Waals surface area contributed by atoms with Crippen LogP contribution in [0.1, 0.15) is 20.7 Å². The molecule has 3 aromatic rings. The van der Waals surface area contributed by atoms with Crippen molar-refractivity contribution in [3.8, 4) is 0 Å². The second-order valence-corrected chi connectivity index (χ2v) is 7.15. The molecule has 0 bridgehead atoms. The number of halogens is 1. The number of anilines is 2. The lowest BCUT2D eigenvalue weighted by Gasteiger charge is -2.36. The van der Waals surface area contributed by atoms with Gasteiger partial charge in [0.25, 0.3) is 11.8 Å². The van der Waals surface area contributed by atoms with Crippen molar-refractivity contribution in [3.63, 3.8) is 0 Å². The Hall–Kier alpha value is -3.67. The lowest BCUT2D eigenvalue weighted by atomic mass is 10.1.